The maximum absolute atomic E-state index is 12.7. The van der Waals surface area contributed by atoms with Crippen LogP contribution < -0.4 is 0 Å². The van der Waals surface area contributed by atoms with Crippen LogP contribution in [0.1, 0.15) is 19.3 Å². The molecule has 1 N–H and O–H groups in total. The Labute approximate surface area is 63.9 Å². The van der Waals surface area contributed by atoms with Gasteiger partial charge in [-0.05, 0) is 19.3 Å². The summed E-state index contributed by atoms with van der Waals surface area (Å²) < 4.78 is 25.3. The summed E-state index contributed by atoms with van der Waals surface area (Å²) in [5, 5.41) is 8.32. The summed E-state index contributed by atoms with van der Waals surface area (Å²) in [6, 6.07) is 0. The number of alkyl halides is 2. The Hall–Kier alpha value is -0.510. The van der Waals surface area contributed by atoms with Crippen LogP contribution in [0, 0.1) is 0 Å². The maximum atomic E-state index is 12.7. The van der Waals surface area contributed by atoms with Crippen molar-refractivity contribution in [2.75, 3.05) is 13.2 Å². The molecule has 0 atom stereocenters. The van der Waals surface area contributed by atoms with E-state index >= 15 is 0 Å². The van der Waals surface area contributed by atoms with Gasteiger partial charge < -0.3 is 5.11 Å². The lowest BCUT2D eigenvalue weighted by Gasteiger charge is -2.19. The van der Waals surface area contributed by atoms with E-state index < -0.39 is 12.5 Å². The van der Waals surface area contributed by atoms with Crippen molar-refractivity contribution in [1.29, 1.82) is 0 Å². The van der Waals surface area contributed by atoms with Crippen LogP contribution in [0.5, 0.6) is 0 Å². The van der Waals surface area contributed by atoms with Gasteiger partial charge in [0.25, 0.3) is 0 Å². The SMILES string of the molecule is OCC(F)(F)C1=NCCCC1. The van der Waals surface area contributed by atoms with E-state index in [2.05, 4.69) is 4.99 Å². The number of hydrogen-bond acceptors (Lipinski definition) is 2. The van der Waals surface area contributed by atoms with E-state index in [9.17, 15) is 8.78 Å². The molecule has 0 saturated heterocycles. The molecule has 0 aromatic rings. The van der Waals surface area contributed by atoms with Crippen molar-refractivity contribution in [2.45, 2.75) is 25.2 Å². The molecular formula is C7H11F2NO. The first-order chi connectivity index (χ1) is 5.17. The van der Waals surface area contributed by atoms with Gasteiger partial charge in [-0.25, -0.2) is 0 Å². The van der Waals surface area contributed by atoms with Crippen molar-refractivity contribution in [3.63, 3.8) is 0 Å². The van der Waals surface area contributed by atoms with Crippen LogP contribution in [0.25, 0.3) is 0 Å². The van der Waals surface area contributed by atoms with E-state index in [0.29, 0.717) is 13.0 Å². The molecule has 0 aliphatic carbocycles. The van der Waals surface area contributed by atoms with Gasteiger partial charge in [-0.3, -0.25) is 4.99 Å². The second-order valence-electron chi connectivity index (χ2n) is 2.65. The minimum Gasteiger partial charge on any atom is -0.390 e. The Morgan fingerprint density at radius 2 is 2.18 bits per heavy atom. The molecule has 0 amide bonds. The summed E-state index contributed by atoms with van der Waals surface area (Å²) in [7, 11) is 0. The predicted octanol–water partition coefficient (Wildman–Crippen LogP) is 1.24. The van der Waals surface area contributed by atoms with Gasteiger partial charge >= 0.3 is 5.92 Å². The third-order valence-electron chi connectivity index (χ3n) is 1.75. The second kappa shape index (κ2) is 3.26. The van der Waals surface area contributed by atoms with Gasteiger partial charge in [0.1, 0.15) is 6.61 Å². The normalized spacial score (nSPS) is 19.7. The number of aliphatic imine (C=N–C) groups is 1. The van der Waals surface area contributed by atoms with Gasteiger partial charge in [0.15, 0.2) is 0 Å². The summed E-state index contributed by atoms with van der Waals surface area (Å²) in [6.45, 7) is -0.642. The first kappa shape index (κ1) is 8.59. The van der Waals surface area contributed by atoms with Gasteiger partial charge in [0.2, 0.25) is 0 Å². The van der Waals surface area contributed by atoms with E-state index in [-0.39, 0.29) is 5.71 Å². The molecule has 0 spiro atoms. The Bertz CT molecular complexity index is 168. The summed E-state index contributed by atoms with van der Waals surface area (Å²) >= 11 is 0. The largest absolute Gasteiger partial charge is 0.390 e. The zero-order valence-corrected chi connectivity index (χ0v) is 6.19. The van der Waals surface area contributed by atoms with Crippen molar-refractivity contribution in [3.8, 4) is 0 Å². The number of aliphatic hydroxyl groups excluding tert-OH is 1. The summed E-state index contributed by atoms with van der Waals surface area (Å²) in [5.74, 6) is -3.08. The lowest BCUT2D eigenvalue weighted by Crippen LogP contribution is -2.34. The van der Waals surface area contributed by atoms with Crippen molar-refractivity contribution < 1.29 is 13.9 Å². The lowest BCUT2D eigenvalue weighted by atomic mass is 10.0. The molecule has 0 fully saturated rings. The molecule has 4 heteroatoms. The fraction of sp³-hybridized carbons (Fsp3) is 0.857. The Kier molecular flexibility index (Phi) is 2.54. The van der Waals surface area contributed by atoms with Gasteiger partial charge in [-0.2, -0.15) is 8.78 Å². The Morgan fingerprint density at radius 1 is 1.45 bits per heavy atom. The van der Waals surface area contributed by atoms with Gasteiger partial charge in [-0.15, -0.1) is 0 Å². The highest BCUT2D eigenvalue weighted by molar-refractivity contribution is 5.91. The van der Waals surface area contributed by atoms with Gasteiger partial charge in [-0.1, -0.05) is 0 Å². The molecule has 1 aliphatic rings. The number of hydrogen-bond donors (Lipinski definition) is 1. The third-order valence-corrected chi connectivity index (χ3v) is 1.75. The van der Waals surface area contributed by atoms with Crippen LogP contribution in [0.15, 0.2) is 4.99 Å². The molecular weight excluding hydrogens is 152 g/mol. The Balaban J connectivity index is 2.64. The van der Waals surface area contributed by atoms with Crippen molar-refractivity contribution >= 4 is 5.71 Å². The number of aliphatic hydroxyl groups is 1. The molecule has 0 radical (unpaired) electrons. The van der Waals surface area contributed by atoms with Crippen LogP contribution in [0.4, 0.5) is 8.78 Å². The monoisotopic (exact) mass is 163 g/mol. The topological polar surface area (TPSA) is 32.6 Å². The lowest BCUT2D eigenvalue weighted by molar-refractivity contribution is 0.0113. The van der Waals surface area contributed by atoms with Crippen LogP contribution in [-0.2, 0) is 0 Å². The molecule has 2 nitrogen and oxygen atoms in total. The molecule has 1 rings (SSSR count). The molecule has 0 bridgehead atoms. The summed E-state index contributed by atoms with van der Waals surface area (Å²) in [4.78, 5) is 3.68. The molecule has 0 aromatic heterocycles. The van der Waals surface area contributed by atoms with Crippen LogP contribution in [0.2, 0.25) is 0 Å². The minimum atomic E-state index is -3.08. The molecule has 64 valence electrons. The van der Waals surface area contributed by atoms with Crippen LogP contribution in [0.3, 0.4) is 0 Å². The molecule has 11 heavy (non-hydrogen) atoms. The number of rotatable bonds is 2. The average molecular weight is 163 g/mol. The van der Waals surface area contributed by atoms with Gasteiger partial charge in [0, 0.05) is 6.54 Å². The predicted molar refractivity (Wildman–Crippen MR) is 38.2 cm³/mol. The molecule has 1 aliphatic heterocycles. The standard InChI is InChI=1S/C7H11F2NO/c8-7(9,5-11)6-3-1-2-4-10-6/h11H,1-5H2. The highest BCUT2D eigenvalue weighted by atomic mass is 19.3. The zero-order valence-electron chi connectivity index (χ0n) is 6.19. The van der Waals surface area contributed by atoms with Gasteiger partial charge in [0.05, 0.1) is 5.71 Å². The fourth-order valence-electron chi connectivity index (χ4n) is 1.09. The van der Waals surface area contributed by atoms with E-state index in [1.54, 1.807) is 0 Å². The summed E-state index contributed by atoms with van der Waals surface area (Å²) in [5.41, 5.74) is -0.133. The maximum Gasteiger partial charge on any atom is 0.308 e. The van der Waals surface area contributed by atoms with Crippen LogP contribution in [-0.4, -0.2) is 29.9 Å². The van der Waals surface area contributed by atoms with E-state index in [0.717, 1.165) is 12.8 Å². The fourth-order valence-corrected chi connectivity index (χ4v) is 1.09. The molecule has 0 aromatic carbocycles. The third kappa shape index (κ3) is 1.96. The molecule has 1 heterocycles. The zero-order chi connectivity index (χ0) is 8.32. The Morgan fingerprint density at radius 3 is 2.64 bits per heavy atom. The van der Waals surface area contributed by atoms with E-state index in [1.807, 2.05) is 0 Å². The first-order valence-corrected chi connectivity index (χ1v) is 3.69. The summed E-state index contributed by atoms with van der Waals surface area (Å²) in [6.07, 6.45) is 1.97. The van der Waals surface area contributed by atoms with Crippen molar-refractivity contribution in [1.82, 2.24) is 0 Å². The molecule has 0 unspecified atom stereocenters. The highest BCUT2D eigenvalue weighted by Gasteiger charge is 2.34. The van der Waals surface area contributed by atoms with E-state index in [1.165, 1.54) is 0 Å². The van der Waals surface area contributed by atoms with Crippen molar-refractivity contribution in [3.05, 3.63) is 0 Å². The number of halogens is 2. The highest BCUT2D eigenvalue weighted by Crippen LogP contribution is 2.21. The second-order valence-corrected chi connectivity index (χ2v) is 2.65. The first-order valence-electron chi connectivity index (χ1n) is 3.69. The molecule has 0 saturated carbocycles. The quantitative estimate of drug-likeness (QED) is 0.652. The average Bonchev–Trinajstić information content (AvgIpc) is 2.06. The smallest absolute Gasteiger partial charge is 0.308 e. The van der Waals surface area contributed by atoms with E-state index in [4.69, 9.17) is 5.11 Å². The van der Waals surface area contributed by atoms with Crippen LogP contribution >= 0.6 is 0 Å². The number of nitrogens with zero attached hydrogens (tertiary/aromatic N) is 1. The van der Waals surface area contributed by atoms with Crippen molar-refractivity contribution in [2.24, 2.45) is 4.99 Å². The minimum absolute atomic E-state index is 0.133.